The van der Waals surface area contributed by atoms with E-state index in [1.165, 1.54) is 6.07 Å². The Hall–Kier alpha value is -2.04. The van der Waals surface area contributed by atoms with Crippen molar-refractivity contribution in [3.63, 3.8) is 0 Å². The molecule has 0 saturated heterocycles. The van der Waals surface area contributed by atoms with Crippen molar-refractivity contribution in [1.82, 2.24) is 4.98 Å². The molecule has 4 nitrogen and oxygen atoms in total. The van der Waals surface area contributed by atoms with E-state index in [4.69, 9.17) is 11.0 Å². The zero-order valence-electron chi connectivity index (χ0n) is 6.97. The summed E-state index contributed by atoms with van der Waals surface area (Å²) >= 11 is 0. The third kappa shape index (κ3) is 2.70. The van der Waals surface area contributed by atoms with Crippen LogP contribution in [0.2, 0.25) is 0 Å². The van der Waals surface area contributed by atoms with Crippen molar-refractivity contribution in [1.29, 1.82) is 5.26 Å². The first-order valence-corrected chi connectivity index (χ1v) is 3.45. The highest BCUT2D eigenvalue weighted by molar-refractivity contribution is 5.58. The van der Waals surface area contributed by atoms with Crippen LogP contribution in [0, 0.1) is 17.3 Å². The lowest BCUT2D eigenvalue weighted by Crippen LogP contribution is -2.19. The van der Waals surface area contributed by atoms with E-state index < -0.39 is 29.4 Å². The van der Waals surface area contributed by atoms with Gasteiger partial charge in [0.25, 0.3) is 0 Å². The quantitative estimate of drug-likeness (QED) is 0.577. The number of rotatable bonds is 1. The predicted molar refractivity (Wildman–Crippen MR) is 40.0 cm³/mol. The number of alkyl halides is 3. The topological polar surface area (TPSA) is 71.9 Å². The molecule has 0 aromatic carbocycles. The Labute approximate surface area is 80.9 Å². The summed E-state index contributed by atoms with van der Waals surface area (Å²) in [5.74, 6) is -2.45. The Morgan fingerprint density at radius 3 is 2.53 bits per heavy atom. The minimum Gasteiger partial charge on any atom is -0.397 e. The summed E-state index contributed by atoms with van der Waals surface area (Å²) in [6.07, 6.45) is -5.06. The van der Waals surface area contributed by atoms with Gasteiger partial charge in [-0.2, -0.15) is 14.6 Å². The number of nitrogens with zero attached hydrogens (tertiary/aromatic N) is 2. The second kappa shape index (κ2) is 3.61. The monoisotopic (exact) mass is 221 g/mol. The number of hydrogen-bond donors (Lipinski definition) is 1. The van der Waals surface area contributed by atoms with E-state index >= 15 is 0 Å². The lowest BCUT2D eigenvalue weighted by Gasteiger charge is -2.09. The average Bonchev–Trinajstić information content (AvgIpc) is 1.99. The van der Waals surface area contributed by atoms with Crippen LogP contribution in [-0.4, -0.2) is 11.3 Å². The maximum Gasteiger partial charge on any atom is 0.574 e. The second-order valence-electron chi connectivity index (χ2n) is 2.37. The first kappa shape index (κ1) is 11.0. The molecule has 0 bridgehead atoms. The van der Waals surface area contributed by atoms with Gasteiger partial charge < -0.3 is 10.5 Å². The summed E-state index contributed by atoms with van der Waals surface area (Å²) in [5.41, 5.74) is 3.97. The first-order chi connectivity index (χ1) is 6.83. The van der Waals surface area contributed by atoms with Gasteiger partial charge in [-0.25, -0.2) is 0 Å². The Balaban J connectivity index is 3.23. The smallest absolute Gasteiger partial charge is 0.397 e. The zero-order valence-corrected chi connectivity index (χ0v) is 6.97. The molecule has 8 heteroatoms. The standard InChI is InChI=1S/C7H3F4N3O/c8-5-1-4(13)3(2-12)6(14-5)15-7(9,10)11/h1H,(H2,13,14). The molecule has 15 heavy (non-hydrogen) atoms. The number of anilines is 1. The molecule has 0 aliphatic rings. The fourth-order valence-corrected chi connectivity index (χ4v) is 0.805. The molecule has 1 aromatic heterocycles. The van der Waals surface area contributed by atoms with Crippen molar-refractivity contribution in [2.45, 2.75) is 6.36 Å². The highest BCUT2D eigenvalue weighted by Crippen LogP contribution is 2.27. The van der Waals surface area contributed by atoms with Gasteiger partial charge in [0.05, 0.1) is 5.69 Å². The van der Waals surface area contributed by atoms with Crippen molar-refractivity contribution in [2.75, 3.05) is 5.73 Å². The molecular formula is C7H3F4N3O. The summed E-state index contributed by atoms with van der Waals surface area (Å²) < 4.78 is 51.3. The van der Waals surface area contributed by atoms with Crippen LogP contribution in [0.25, 0.3) is 0 Å². The molecular weight excluding hydrogens is 218 g/mol. The van der Waals surface area contributed by atoms with Crippen molar-refractivity contribution < 1.29 is 22.3 Å². The van der Waals surface area contributed by atoms with E-state index in [9.17, 15) is 17.6 Å². The van der Waals surface area contributed by atoms with E-state index in [-0.39, 0.29) is 0 Å². The van der Waals surface area contributed by atoms with E-state index in [1.807, 2.05) is 0 Å². The van der Waals surface area contributed by atoms with E-state index in [0.29, 0.717) is 6.07 Å². The number of nitrogens with two attached hydrogens (primary N) is 1. The van der Waals surface area contributed by atoms with Crippen LogP contribution in [0.1, 0.15) is 5.56 Å². The van der Waals surface area contributed by atoms with Crippen molar-refractivity contribution >= 4 is 5.69 Å². The molecule has 0 saturated carbocycles. The SMILES string of the molecule is N#Cc1c(N)cc(F)nc1OC(F)(F)F. The molecule has 0 amide bonds. The largest absolute Gasteiger partial charge is 0.574 e. The molecule has 1 aromatic rings. The summed E-state index contributed by atoms with van der Waals surface area (Å²) in [4.78, 5) is 2.78. The van der Waals surface area contributed by atoms with Crippen LogP contribution in [0.15, 0.2) is 6.07 Å². The third-order valence-corrected chi connectivity index (χ3v) is 1.31. The average molecular weight is 221 g/mol. The minimum atomic E-state index is -5.06. The Kier molecular flexibility index (Phi) is 2.65. The van der Waals surface area contributed by atoms with Gasteiger partial charge in [0.1, 0.15) is 11.6 Å². The summed E-state index contributed by atoms with van der Waals surface area (Å²) in [6, 6.07) is 1.96. The highest BCUT2D eigenvalue weighted by atomic mass is 19.4. The van der Waals surface area contributed by atoms with Crippen molar-refractivity contribution in [3.8, 4) is 11.9 Å². The lowest BCUT2D eigenvalue weighted by molar-refractivity contribution is -0.276. The first-order valence-electron chi connectivity index (χ1n) is 3.45. The molecule has 0 atom stereocenters. The Morgan fingerprint density at radius 1 is 1.47 bits per heavy atom. The molecule has 0 unspecified atom stereocenters. The van der Waals surface area contributed by atoms with Gasteiger partial charge in [-0.3, -0.25) is 0 Å². The van der Waals surface area contributed by atoms with Crippen LogP contribution in [0.5, 0.6) is 5.88 Å². The lowest BCUT2D eigenvalue weighted by atomic mass is 10.2. The molecule has 0 fully saturated rings. The molecule has 0 spiro atoms. The van der Waals surface area contributed by atoms with Crippen LogP contribution < -0.4 is 10.5 Å². The Bertz CT molecular complexity index is 423. The number of ether oxygens (including phenoxy) is 1. The van der Waals surface area contributed by atoms with Gasteiger partial charge in [0, 0.05) is 6.07 Å². The number of nitriles is 1. The van der Waals surface area contributed by atoms with E-state index in [1.54, 1.807) is 0 Å². The molecule has 0 aliphatic carbocycles. The van der Waals surface area contributed by atoms with Gasteiger partial charge in [-0.15, -0.1) is 13.2 Å². The maximum absolute atomic E-state index is 12.6. The molecule has 0 aliphatic heterocycles. The van der Waals surface area contributed by atoms with Crippen molar-refractivity contribution in [2.24, 2.45) is 0 Å². The molecule has 0 radical (unpaired) electrons. The van der Waals surface area contributed by atoms with E-state index in [2.05, 4.69) is 9.72 Å². The third-order valence-electron chi connectivity index (χ3n) is 1.31. The van der Waals surface area contributed by atoms with Gasteiger partial charge in [0.2, 0.25) is 11.8 Å². The van der Waals surface area contributed by atoms with E-state index in [0.717, 1.165) is 0 Å². The predicted octanol–water partition coefficient (Wildman–Crippen LogP) is 1.57. The highest BCUT2D eigenvalue weighted by Gasteiger charge is 2.33. The molecule has 80 valence electrons. The van der Waals surface area contributed by atoms with Gasteiger partial charge in [-0.1, -0.05) is 0 Å². The molecule has 1 rings (SSSR count). The molecule has 2 N–H and O–H groups in total. The number of hydrogen-bond acceptors (Lipinski definition) is 4. The molecule has 1 heterocycles. The summed E-state index contributed by atoms with van der Waals surface area (Å²) in [5, 5.41) is 8.45. The summed E-state index contributed by atoms with van der Waals surface area (Å²) in [6.45, 7) is 0. The van der Waals surface area contributed by atoms with Crippen molar-refractivity contribution in [3.05, 3.63) is 17.6 Å². The van der Waals surface area contributed by atoms with Crippen LogP contribution in [-0.2, 0) is 0 Å². The number of nitrogen functional groups attached to an aromatic ring is 1. The summed E-state index contributed by atoms with van der Waals surface area (Å²) in [7, 11) is 0. The van der Waals surface area contributed by atoms with Crippen LogP contribution >= 0.6 is 0 Å². The van der Waals surface area contributed by atoms with Gasteiger partial charge in [0.15, 0.2) is 0 Å². The minimum absolute atomic E-state index is 0.468. The number of halogens is 4. The number of aromatic nitrogens is 1. The van der Waals surface area contributed by atoms with Gasteiger partial charge in [-0.05, 0) is 0 Å². The zero-order chi connectivity index (χ0) is 11.6. The second-order valence-corrected chi connectivity index (χ2v) is 2.37. The van der Waals surface area contributed by atoms with Crippen LogP contribution in [0.3, 0.4) is 0 Å². The van der Waals surface area contributed by atoms with Crippen LogP contribution in [0.4, 0.5) is 23.2 Å². The maximum atomic E-state index is 12.6. The van der Waals surface area contributed by atoms with Gasteiger partial charge >= 0.3 is 6.36 Å². The normalized spacial score (nSPS) is 10.9. The fourth-order valence-electron chi connectivity index (χ4n) is 0.805. The Morgan fingerprint density at radius 2 is 2.07 bits per heavy atom. The number of pyridine rings is 1. The fraction of sp³-hybridized carbons (Fsp3) is 0.143.